The minimum Gasteiger partial charge on any atom is -0.330 e. The molecule has 2 nitrogen and oxygen atoms in total. The molecule has 1 aromatic rings. The van der Waals surface area contributed by atoms with Gasteiger partial charge >= 0.3 is 0 Å². The van der Waals surface area contributed by atoms with Crippen LogP contribution in [0.3, 0.4) is 0 Å². The maximum atomic E-state index is 5.59. The predicted molar refractivity (Wildman–Crippen MR) is 86.7 cm³/mol. The minimum absolute atomic E-state index is 0.628. The van der Waals surface area contributed by atoms with Gasteiger partial charge in [0.05, 0.1) is 0 Å². The molecule has 2 heteroatoms. The Balaban J connectivity index is 1.83. The highest BCUT2D eigenvalue weighted by molar-refractivity contribution is 5.23. The summed E-state index contributed by atoms with van der Waals surface area (Å²) in [5.41, 5.74) is 9.01. The van der Waals surface area contributed by atoms with Crippen molar-refractivity contribution in [1.29, 1.82) is 0 Å². The van der Waals surface area contributed by atoms with E-state index in [-0.39, 0.29) is 0 Å². The van der Waals surface area contributed by atoms with Crippen LogP contribution in [-0.4, -0.2) is 24.5 Å². The lowest BCUT2D eigenvalue weighted by Crippen LogP contribution is -2.55. The summed E-state index contributed by atoms with van der Waals surface area (Å²) in [6, 6.07) is 9.00. The van der Waals surface area contributed by atoms with Crippen LogP contribution < -0.4 is 5.73 Å². The molecule has 2 N–H and O–H groups in total. The third-order valence-corrected chi connectivity index (χ3v) is 4.54. The zero-order valence-corrected chi connectivity index (χ0v) is 13.2. The fraction of sp³-hybridized carbons (Fsp3) is 0.667. The number of benzene rings is 1. The average Bonchev–Trinajstić information content (AvgIpc) is 2.40. The molecule has 1 aliphatic heterocycles. The van der Waals surface area contributed by atoms with Crippen molar-refractivity contribution in [2.75, 3.05) is 19.6 Å². The first-order valence-electron chi connectivity index (χ1n) is 8.21. The van der Waals surface area contributed by atoms with Crippen molar-refractivity contribution >= 4 is 0 Å². The molecule has 0 aliphatic carbocycles. The molecule has 1 fully saturated rings. The fourth-order valence-corrected chi connectivity index (χ4v) is 3.75. The Bertz CT molecular complexity index is 382. The zero-order chi connectivity index (χ0) is 14.4. The summed E-state index contributed by atoms with van der Waals surface area (Å²) < 4.78 is 0. The first-order valence-corrected chi connectivity index (χ1v) is 8.21. The zero-order valence-electron chi connectivity index (χ0n) is 13.2. The summed E-state index contributed by atoms with van der Waals surface area (Å²) in [5, 5.41) is 0. The Kier molecular flexibility index (Phi) is 5.62. The number of hydrogen-bond acceptors (Lipinski definition) is 2. The molecule has 2 rings (SSSR count). The highest BCUT2D eigenvalue weighted by Crippen LogP contribution is 2.40. The molecule has 0 atom stereocenters. The Morgan fingerprint density at radius 1 is 1.00 bits per heavy atom. The van der Waals surface area contributed by atoms with Crippen LogP contribution in [0.15, 0.2) is 24.3 Å². The maximum Gasteiger partial charge on any atom is 0.0234 e. The standard InChI is InChI=1S/C18H30N2/c1-3-10-18(11-4-2)14-20(15-18)13-17-7-5-16(6-8-17)9-12-19/h5-8H,3-4,9-15,19H2,1-2H3. The summed E-state index contributed by atoms with van der Waals surface area (Å²) in [6.07, 6.45) is 6.42. The van der Waals surface area contributed by atoms with Crippen molar-refractivity contribution in [3.8, 4) is 0 Å². The van der Waals surface area contributed by atoms with E-state index in [1.807, 2.05) is 0 Å². The Hall–Kier alpha value is -0.860. The summed E-state index contributed by atoms with van der Waals surface area (Å²) in [4.78, 5) is 2.60. The molecule has 112 valence electrons. The summed E-state index contributed by atoms with van der Waals surface area (Å²) in [6.45, 7) is 9.06. The number of rotatable bonds is 8. The number of likely N-dealkylation sites (tertiary alicyclic amines) is 1. The van der Waals surface area contributed by atoms with Crippen LogP contribution >= 0.6 is 0 Å². The van der Waals surface area contributed by atoms with Crippen LogP contribution in [0.2, 0.25) is 0 Å². The molecular weight excluding hydrogens is 244 g/mol. The second-order valence-corrected chi connectivity index (χ2v) is 6.50. The quantitative estimate of drug-likeness (QED) is 0.785. The highest BCUT2D eigenvalue weighted by atomic mass is 15.2. The van der Waals surface area contributed by atoms with Gasteiger partial charge in [0.2, 0.25) is 0 Å². The van der Waals surface area contributed by atoms with Crippen molar-refractivity contribution in [3.05, 3.63) is 35.4 Å². The maximum absolute atomic E-state index is 5.59. The minimum atomic E-state index is 0.628. The largest absolute Gasteiger partial charge is 0.330 e. The van der Waals surface area contributed by atoms with Crippen molar-refractivity contribution in [2.45, 2.75) is 52.5 Å². The third-order valence-electron chi connectivity index (χ3n) is 4.54. The van der Waals surface area contributed by atoms with E-state index >= 15 is 0 Å². The number of nitrogens with zero attached hydrogens (tertiary/aromatic N) is 1. The van der Waals surface area contributed by atoms with Crippen molar-refractivity contribution in [1.82, 2.24) is 4.90 Å². The van der Waals surface area contributed by atoms with E-state index in [0.717, 1.165) is 19.5 Å². The Labute approximate surface area is 124 Å². The summed E-state index contributed by atoms with van der Waals surface area (Å²) in [7, 11) is 0. The molecule has 0 radical (unpaired) electrons. The molecule has 1 saturated heterocycles. The van der Waals surface area contributed by atoms with Crippen molar-refractivity contribution in [3.63, 3.8) is 0 Å². The lowest BCUT2D eigenvalue weighted by molar-refractivity contribution is -0.0203. The van der Waals surface area contributed by atoms with Crippen LogP contribution in [0.5, 0.6) is 0 Å². The second-order valence-electron chi connectivity index (χ2n) is 6.50. The Morgan fingerprint density at radius 3 is 2.05 bits per heavy atom. The van der Waals surface area contributed by atoms with Crippen molar-refractivity contribution in [2.24, 2.45) is 11.1 Å². The van der Waals surface area contributed by atoms with Gasteiger partial charge in [-0.25, -0.2) is 0 Å². The van der Waals surface area contributed by atoms with Crippen LogP contribution in [0, 0.1) is 5.41 Å². The predicted octanol–water partition coefficient (Wildman–Crippen LogP) is 3.59. The molecule has 1 aromatic carbocycles. The second kappa shape index (κ2) is 7.24. The van der Waals surface area contributed by atoms with Crippen LogP contribution in [0.1, 0.15) is 50.7 Å². The molecule has 1 heterocycles. The lowest BCUT2D eigenvalue weighted by Gasteiger charge is -2.51. The highest BCUT2D eigenvalue weighted by Gasteiger charge is 2.40. The molecule has 0 amide bonds. The van der Waals surface area contributed by atoms with Gasteiger partial charge in [0.25, 0.3) is 0 Å². The van der Waals surface area contributed by atoms with Gasteiger partial charge < -0.3 is 5.73 Å². The van der Waals surface area contributed by atoms with Crippen molar-refractivity contribution < 1.29 is 0 Å². The molecule has 0 aromatic heterocycles. The van der Waals surface area contributed by atoms with Crippen LogP contribution in [0.25, 0.3) is 0 Å². The molecule has 1 aliphatic rings. The number of nitrogens with two attached hydrogens (primary N) is 1. The van der Waals surface area contributed by atoms with E-state index in [9.17, 15) is 0 Å². The SMILES string of the molecule is CCCC1(CCC)CN(Cc2ccc(CCN)cc2)C1. The fourth-order valence-electron chi connectivity index (χ4n) is 3.75. The van der Waals surface area contributed by atoms with E-state index in [1.165, 1.54) is 49.9 Å². The molecule has 0 unspecified atom stereocenters. The van der Waals surface area contributed by atoms with Gasteiger partial charge in [0, 0.05) is 19.6 Å². The van der Waals surface area contributed by atoms with E-state index in [1.54, 1.807) is 0 Å². The van der Waals surface area contributed by atoms with Crippen LogP contribution in [0.4, 0.5) is 0 Å². The first-order chi connectivity index (χ1) is 9.71. The monoisotopic (exact) mass is 274 g/mol. The van der Waals surface area contributed by atoms with E-state index < -0.39 is 0 Å². The first kappa shape index (κ1) is 15.5. The smallest absolute Gasteiger partial charge is 0.0234 e. The van der Waals surface area contributed by atoms with Gasteiger partial charge in [0.15, 0.2) is 0 Å². The summed E-state index contributed by atoms with van der Waals surface area (Å²) >= 11 is 0. The molecule has 0 spiro atoms. The van der Waals surface area contributed by atoms with E-state index in [2.05, 4.69) is 43.0 Å². The third kappa shape index (κ3) is 3.83. The van der Waals surface area contributed by atoms with Gasteiger partial charge in [-0.15, -0.1) is 0 Å². The van der Waals surface area contributed by atoms with Gasteiger partial charge in [0.1, 0.15) is 0 Å². The molecule has 0 bridgehead atoms. The van der Waals surface area contributed by atoms with E-state index in [0.29, 0.717) is 5.41 Å². The van der Waals surface area contributed by atoms with Gasteiger partial charge in [-0.1, -0.05) is 51.0 Å². The van der Waals surface area contributed by atoms with Crippen LogP contribution in [-0.2, 0) is 13.0 Å². The van der Waals surface area contributed by atoms with Gasteiger partial charge in [-0.05, 0) is 42.3 Å². The van der Waals surface area contributed by atoms with Gasteiger partial charge in [-0.2, -0.15) is 0 Å². The Morgan fingerprint density at radius 2 is 1.55 bits per heavy atom. The molecule has 0 saturated carbocycles. The molecular formula is C18H30N2. The average molecular weight is 274 g/mol. The normalized spacial score (nSPS) is 17.9. The molecule has 20 heavy (non-hydrogen) atoms. The summed E-state index contributed by atoms with van der Waals surface area (Å²) in [5.74, 6) is 0. The topological polar surface area (TPSA) is 29.3 Å². The lowest BCUT2D eigenvalue weighted by atomic mass is 9.72. The van der Waals surface area contributed by atoms with E-state index in [4.69, 9.17) is 5.73 Å². The number of hydrogen-bond donors (Lipinski definition) is 1. The van der Waals surface area contributed by atoms with Gasteiger partial charge in [-0.3, -0.25) is 4.90 Å².